The summed E-state index contributed by atoms with van der Waals surface area (Å²) in [5.74, 6) is -0.373. The van der Waals surface area contributed by atoms with Crippen LogP contribution in [0.4, 0.5) is 13.2 Å². The molecule has 19 heavy (non-hydrogen) atoms. The van der Waals surface area contributed by atoms with Crippen molar-refractivity contribution in [2.24, 2.45) is 0 Å². The highest BCUT2D eigenvalue weighted by Crippen LogP contribution is 2.22. The van der Waals surface area contributed by atoms with Gasteiger partial charge < -0.3 is 4.98 Å². The molecule has 0 spiro atoms. The van der Waals surface area contributed by atoms with E-state index in [4.69, 9.17) is 0 Å². The largest absolute Gasteiger partial charge is 0.396 e. The second kappa shape index (κ2) is 4.87. The molecule has 0 radical (unpaired) electrons. The summed E-state index contributed by atoms with van der Waals surface area (Å²) in [7, 11) is 0. The van der Waals surface area contributed by atoms with Crippen molar-refractivity contribution >= 4 is 0 Å². The van der Waals surface area contributed by atoms with Crippen molar-refractivity contribution in [2.45, 2.75) is 19.5 Å². The molecule has 0 aliphatic rings. The summed E-state index contributed by atoms with van der Waals surface area (Å²) in [6, 6.07) is 8.66. The van der Waals surface area contributed by atoms with Crippen LogP contribution in [0, 0.1) is 6.92 Å². The molecule has 100 valence electrons. The highest BCUT2D eigenvalue weighted by molar-refractivity contribution is 5.62. The van der Waals surface area contributed by atoms with Gasteiger partial charge in [-0.25, -0.2) is 4.98 Å². The molecule has 2 aromatic rings. The predicted molar refractivity (Wildman–Crippen MR) is 64.8 cm³/mol. The van der Waals surface area contributed by atoms with Gasteiger partial charge >= 0.3 is 6.18 Å². The normalized spacial score (nSPS) is 11.6. The third-order valence-corrected chi connectivity index (χ3v) is 2.62. The number of H-pyrrole nitrogens is 1. The van der Waals surface area contributed by atoms with E-state index in [0.717, 1.165) is 0 Å². The van der Waals surface area contributed by atoms with E-state index >= 15 is 0 Å². The second-order valence-electron chi connectivity index (χ2n) is 4.14. The molecule has 6 heteroatoms. The summed E-state index contributed by atoms with van der Waals surface area (Å²) in [5, 5.41) is 0. The number of hydrogen-bond donors (Lipinski definition) is 1. The first-order valence-corrected chi connectivity index (χ1v) is 5.59. The molecule has 0 aliphatic heterocycles. The van der Waals surface area contributed by atoms with E-state index in [2.05, 4.69) is 9.97 Å². The Morgan fingerprint density at radius 2 is 1.84 bits per heavy atom. The van der Waals surface area contributed by atoms with Gasteiger partial charge in [-0.3, -0.25) is 4.79 Å². The lowest BCUT2D eigenvalue weighted by atomic mass is 10.1. The van der Waals surface area contributed by atoms with E-state index < -0.39 is 18.2 Å². The highest BCUT2D eigenvalue weighted by atomic mass is 19.4. The zero-order valence-electron chi connectivity index (χ0n) is 10.1. The van der Waals surface area contributed by atoms with Gasteiger partial charge in [0.1, 0.15) is 12.2 Å². The quantitative estimate of drug-likeness (QED) is 0.910. The number of aromatic nitrogens is 2. The van der Waals surface area contributed by atoms with Gasteiger partial charge in [0, 0.05) is 11.1 Å². The number of benzene rings is 1. The molecule has 0 unspecified atom stereocenters. The number of rotatable bonds is 2. The van der Waals surface area contributed by atoms with Crippen molar-refractivity contribution in [3.8, 4) is 11.3 Å². The molecule has 1 heterocycles. The minimum Gasteiger partial charge on any atom is -0.310 e. The van der Waals surface area contributed by atoms with Crippen LogP contribution in [0.3, 0.4) is 0 Å². The molecule has 2 rings (SSSR count). The van der Waals surface area contributed by atoms with Gasteiger partial charge in [0.25, 0.3) is 5.56 Å². The van der Waals surface area contributed by atoms with Crippen LogP contribution in [0.5, 0.6) is 0 Å². The topological polar surface area (TPSA) is 45.8 Å². The summed E-state index contributed by atoms with van der Waals surface area (Å²) in [6.45, 7) is 1.53. The minimum absolute atomic E-state index is 0.281. The fourth-order valence-electron chi connectivity index (χ4n) is 1.73. The minimum atomic E-state index is -4.40. The Hall–Kier alpha value is -2.11. The van der Waals surface area contributed by atoms with Crippen LogP contribution >= 0.6 is 0 Å². The Bertz CT molecular complexity index is 633. The van der Waals surface area contributed by atoms with E-state index in [1.807, 2.05) is 0 Å². The first kappa shape index (κ1) is 13.3. The van der Waals surface area contributed by atoms with Gasteiger partial charge in [-0.1, -0.05) is 30.3 Å². The zero-order chi connectivity index (χ0) is 14.0. The van der Waals surface area contributed by atoms with E-state index in [9.17, 15) is 18.0 Å². The lowest BCUT2D eigenvalue weighted by molar-refractivity contribution is -0.128. The van der Waals surface area contributed by atoms with Crippen molar-refractivity contribution in [1.82, 2.24) is 9.97 Å². The molecule has 1 N–H and O–H groups in total. The van der Waals surface area contributed by atoms with Crippen LogP contribution in [-0.2, 0) is 6.42 Å². The molecule has 3 nitrogen and oxygen atoms in total. The summed E-state index contributed by atoms with van der Waals surface area (Å²) < 4.78 is 37.0. The van der Waals surface area contributed by atoms with Crippen LogP contribution in [0.25, 0.3) is 11.3 Å². The third kappa shape index (κ3) is 3.21. The van der Waals surface area contributed by atoms with Crippen LogP contribution in [0.1, 0.15) is 11.4 Å². The lowest BCUT2D eigenvalue weighted by Crippen LogP contribution is -2.21. The lowest BCUT2D eigenvalue weighted by Gasteiger charge is -2.09. The zero-order valence-corrected chi connectivity index (χ0v) is 10.1. The molecule has 0 amide bonds. The molecular formula is C13H11F3N2O. The fourth-order valence-corrected chi connectivity index (χ4v) is 1.73. The summed E-state index contributed by atoms with van der Waals surface area (Å²) >= 11 is 0. The molecule has 0 aliphatic carbocycles. The van der Waals surface area contributed by atoms with Crippen LogP contribution in [0.15, 0.2) is 35.1 Å². The molecule has 1 aromatic heterocycles. The van der Waals surface area contributed by atoms with E-state index in [1.54, 1.807) is 30.3 Å². The number of aromatic amines is 1. The van der Waals surface area contributed by atoms with Crippen LogP contribution in [-0.4, -0.2) is 16.1 Å². The van der Waals surface area contributed by atoms with Gasteiger partial charge in [-0.15, -0.1) is 0 Å². The average molecular weight is 268 g/mol. The molecular weight excluding hydrogens is 257 g/mol. The molecule has 1 aromatic carbocycles. The molecule has 0 saturated heterocycles. The predicted octanol–water partition coefficient (Wildman–Crippen LogP) is 2.85. The van der Waals surface area contributed by atoms with E-state index in [1.165, 1.54) is 6.92 Å². The Morgan fingerprint density at radius 3 is 2.42 bits per heavy atom. The van der Waals surface area contributed by atoms with Gasteiger partial charge in [0.2, 0.25) is 0 Å². The molecule has 0 atom stereocenters. The monoisotopic (exact) mass is 268 g/mol. The second-order valence-corrected chi connectivity index (χ2v) is 4.14. The van der Waals surface area contributed by atoms with Gasteiger partial charge in [0.15, 0.2) is 0 Å². The van der Waals surface area contributed by atoms with Gasteiger partial charge in [-0.2, -0.15) is 13.2 Å². The number of nitrogens with zero attached hydrogens (tertiary/aromatic N) is 1. The van der Waals surface area contributed by atoms with Crippen molar-refractivity contribution in [2.75, 3.05) is 0 Å². The number of alkyl halides is 3. The number of nitrogens with one attached hydrogen (secondary N) is 1. The van der Waals surface area contributed by atoms with E-state index in [-0.39, 0.29) is 11.5 Å². The highest BCUT2D eigenvalue weighted by Gasteiger charge is 2.29. The SMILES string of the molecule is Cc1c(-c2ccccc2)nc(CC(F)(F)F)[nH]c1=O. The van der Waals surface area contributed by atoms with E-state index in [0.29, 0.717) is 11.1 Å². The molecule has 0 saturated carbocycles. The average Bonchev–Trinajstić information content (AvgIpc) is 2.33. The number of halogens is 3. The fraction of sp³-hybridized carbons (Fsp3) is 0.231. The van der Waals surface area contributed by atoms with Gasteiger partial charge in [0.05, 0.1) is 5.69 Å². The Balaban J connectivity index is 2.53. The molecule has 0 fully saturated rings. The maximum absolute atomic E-state index is 12.3. The first-order valence-electron chi connectivity index (χ1n) is 5.59. The van der Waals surface area contributed by atoms with Crippen molar-refractivity contribution in [3.05, 3.63) is 52.1 Å². The number of hydrogen-bond acceptors (Lipinski definition) is 2. The van der Waals surface area contributed by atoms with Crippen molar-refractivity contribution < 1.29 is 13.2 Å². The summed E-state index contributed by atoms with van der Waals surface area (Å²) in [4.78, 5) is 17.7. The van der Waals surface area contributed by atoms with Gasteiger partial charge in [-0.05, 0) is 6.92 Å². The first-order chi connectivity index (χ1) is 8.87. The van der Waals surface area contributed by atoms with Crippen molar-refractivity contribution in [3.63, 3.8) is 0 Å². The summed E-state index contributed by atoms with van der Waals surface area (Å²) in [6.07, 6.45) is -5.65. The van der Waals surface area contributed by atoms with Crippen LogP contribution in [0.2, 0.25) is 0 Å². The Labute approximate surface area is 107 Å². The Kier molecular flexibility index (Phi) is 3.42. The molecule has 0 bridgehead atoms. The third-order valence-electron chi connectivity index (χ3n) is 2.62. The maximum Gasteiger partial charge on any atom is 0.396 e. The Morgan fingerprint density at radius 1 is 1.21 bits per heavy atom. The maximum atomic E-state index is 12.3. The van der Waals surface area contributed by atoms with Crippen molar-refractivity contribution in [1.29, 1.82) is 0 Å². The smallest absolute Gasteiger partial charge is 0.310 e. The summed E-state index contributed by atoms with van der Waals surface area (Å²) in [5.41, 5.74) is 0.656. The standard InChI is InChI=1S/C13H11F3N2O/c1-8-11(9-5-3-2-4-6-9)17-10(18-12(8)19)7-13(14,15)16/h2-6H,7H2,1H3,(H,17,18,19). The van der Waals surface area contributed by atoms with Crippen LogP contribution < -0.4 is 5.56 Å².